The summed E-state index contributed by atoms with van der Waals surface area (Å²) in [5.74, 6) is 0. The van der Waals surface area contributed by atoms with Crippen LogP contribution in [-0.2, 0) is 6.42 Å². The van der Waals surface area contributed by atoms with Crippen molar-refractivity contribution in [3.05, 3.63) is 29.8 Å². The minimum absolute atomic E-state index is 0.726. The molecule has 0 atom stereocenters. The van der Waals surface area contributed by atoms with Crippen LogP contribution in [0.25, 0.3) is 0 Å². The summed E-state index contributed by atoms with van der Waals surface area (Å²) in [6.07, 6.45) is 0.971. The van der Waals surface area contributed by atoms with E-state index in [0.29, 0.717) is 0 Å². The van der Waals surface area contributed by atoms with Crippen LogP contribution in [0.3, 0.4) is 0 Å². The number of anilines is 1. The number of rotatable bonds is 6. The van der Waals surface area contributed by atoms with E-state index in [1.54, 1.807) is 0 Å². The Morgan fingerprint density at radius 1 is 1.05 bits per heavy atom. The molecule has 0 amide bonds. The first kappa shape index (κ1) is 15.3. The van der Waals surface area contributed by atoms with Crippen LogP contribution in [-0.4, -0.2) is 69.7 Å². The molecule has 112 valence electrons. The molecule has 0 bridgehead atoms. The van der Waals surface area contributed by atoms with Crippen molar-refractivity contribution >= 4 is 5.69 Å². The Morgan fingerprint density at radius 2 is 1.70 bits per heavy atom. The summed E-state index contributed by atoms with van der Waals surface area (Å²) in [5.41, 5.74) is 8.27. The molecule has 0 saturated carbocycles. The lowest BCUT2D eigenvalue weighted by Crippen LogP contribution is -2.48. The van der Waals surface area contributed by atoms with Gasteiger partial charge in [-0.3, -0.25) is 4.90 Å². The molecular formula is C16H28N4. The van der Waals surface area contributed by atoms with Crippen LogP contribution in [0, 0.1) is 0 Å². The third kappa shape index (κ3) is 4.47. The molecule has 4 heteroatoms. The third-order valence-electron chi connectivity index (χ3n) is 3.97. The monoisotopic (exact) mass is 276 g/mol. The lowest BCUT2D eigenvalue weighted by molar-refractivity contribution is 0.229. The van der Waals surface area contributed by atoms with Crippen LogP contribution in [0.2, 0.25) is 0 Å². The van der Waals surface area contributed by atoms with Crippen LogP contribution in [0.15, 0.2) is 24.3 Å². The van der Waals surface area contributed by atoms with E-state index in [1.165, 1.54) is 30.9 Å². The van der Waals surface area contributed by atoms with Crippen LogP contribution < -0.4 is 10.6 Å². The highest BCUT2D eigenvalue weighted by Gasteiger charge is 2.16. The average Bonchev–Trinajstić information content (AvgIpc) is 2.47. The molecule has 1 aliphatic rings. The number of piperazine rings is 1. The molecular weight excluding hydrogens is 248 g/mol. The Bertz CT molecular complexity index is 380. The van der Waals surface area contributed by atoms with Gasteiger partial charge in [-0.2, -0.15) is 0 Å². The van der Waals surface area contributed by atoms with E-state index in [-0.39, 0.29) is 0 Å². The van der Waals surface area contributed by atoms with Gasteiger partial charge in [-0.1, -0.05) is 12.1 Å². The summed E-state index contributed by atoms with van der Waals surface area (Å²) in [6.45, 7) is 7.64. The largest absolute Gasteiger partial charge is 0.369 e. The van der Waals surface area contributed by atoms with Crippen molar-refractivity contribution in [1.29, 1.82) is 0 Å². The predicted molar refractivity (Wildman–Crippen MR) is 86.4 cm³/mol. The first-order valence-corrected chi connectivity index (χ1v) is 7.60. The molecule has 20 heavy (non-hydrogen) atoms. The van der Waals surface area contributed by atoms with E-state index in [4.69, 9.17) is 5.73 Å². The Morgan fingerprint density at radius 3 is 2.25 bits per heavy atom. The summed E-state index contributed by atoms with van der Waals surface area (Å²) >= 11 is 0. The molecule has 2 rings (SSSR count). The molecule has 0 unspecified atom stereocenters. The van der Waals surface area contributed by atoms with Gasteiger partial charge in [0.2, 0.25) is 0 Å². The summed E-state index contributed by atoms with van der Waals surface area (Å²) in [6, 6.07) is 8.89. The van der Waals surface area contributed by atoms with E-state index >= 15 is 0 Å². The highest BCUT2D eigenvalue weighted by Crippen LogP contribution is 2.17. The molecule has 0 spiro atoms. The van der Waals surface area contributed by atoms with E-state index in [1.807, 2.05) is 0 Å². The third-order valence-corrected chi connectivity index (χ3v) is 3.97. The normalized spacial score (nSPS) is 16.9. The van der Waals surface area contributed by atoms with Gasteiger partial charge < -0.3 is 15.5 Å². The second-order valence-corrected chi connectivity index (χ2v) is 5.84. The van der Waals surface area contributed by atoms with Gasteiger partial charge in [0.1, 0.15) is 0 Å². The quantitative estimate of drug-likeness (QED) is 0.836. The van der Waals surface area contributed by atoms with Gasteiger partial charge >= 0.3 is 0 Å². The molecule has 2 N–H and O–H groups in total. The summed E-state index contributed by atoms with van der Waals surface area (Å²) < 4.78 is 0. The smallest absolute Gasteiger partial charge is 0.0367 e. The van der Waals surface area contributed by atoms with Gasteiger partial charge in [0.05, 0.1) is 0 Å². The molecule has 0 aliphatic carbocycles. The summed E-state index contributed by atoms with van der Waals surface area (Å²) in [5, 5.41) is 0. The average molecular weight is 276 g/mol. The zero-order chi connectivity index (χ0) is 14.4. The standard InChI is InChI=1S/C16H28N4/c1-18(2)9-10-19-11-13-20(14-12-19)16-5-3-15(4-6-16)7-8-17/h3-6H,7-14,17H2,1-2H3. The number of benzene rings is 1. The zero-order valence-electron chi connectivity index (χ0n) is 12.9. The second kappa shape index (κ2) is 7.62. The fraction of sp³-hybridized carbons (Fsp3) is 0.625. The molecule has 1 aromatic carbocycles. The van der Waals surface area contributed by atoms with E-state index in [0.717, 1.165) is 32.6 Å². The molecule has 4 nitrogen and oxygen atoms in total. The Balaban J connectivity index is 1.81. The van der Waals surface area contributed by atoms with Crippen molar-refractivity contribution in [2.45, 2.75) is 6.42 Å². The molecule has 1 fully saturated rings. The lowest BCUT2D eigenvalue weighted by atomic mass is 10.1. The first-order valence-electron chi connectivity index (χ1n) is 7.60. The predicted octanol–water partition coefficient (Wildman–Crippen LogP) is 0.871. The summed E-state index contributed by atoms with van der Waals surface area (Å²) in [7, 11) is 4.28. The molecule has 1 aliphatic heterocycles. The first-order chi connectivity index (χ1) is 9.69. The van der Waals surface area contributed by atoms with Crippen LogP contribution >= 0.6 is 0 Å². The molecule has 1 heterocycles. The van der Waals surface area contributed by atoms with Gasteiger partial charge in [-0.15, -0.1) is 0 Å². The fourth-order valence-electron chi connectivity index (χ4n) is 2.61. The van der Waals surface area contributed by atoms with Crippen molar-refractivity contribution in [2.24, 2.45) is 5.73 Å². The number of likely N-dealkylation sites (N-methyl/N-ethyl adjacent to an activating group) is 1. The maximum absolute atomic E-state index is 5.59. The Labute approximate surface area is 123 Å². The van der Waals surface area contributed by atoms with E-state index < -0.39 is 0 Å². The van der Waals surface area contributed by atoms with Crippen LogP contribution in [0.1, 0.15) is 5.56 Å². The van der Waals surface area contributed by atoms with Crippen molar-refractivity contribution in [3.63, 3.8) is 0 Å². The van der Waals surface area contributed by atoms with Gasteiger partial charge in [0.25, 0.3) is 0 Å². The van der Waals surface area contributed by atoms with Crippen molar-refractivity contribution in [3.8, 4) is 0 Å². The number of nitrogens with two attached hydrogens (primary N) is 1. The van der Waals surface area contributed by atoms with Gasteiger partial charge in [0, 0.05) is 45.0 Å². The van der Waals surface area contributed by atoms with Crippen LogP contribution in [0.4, 0.5) is 5.69 Å². The SMILES string of the molecule is CN(C)CCN1CCN(c2ccc(CCN)cc2)CC1. The van der Waals surface area contributed by atoms with Crippen LogP contribution in [0.5, 0.6) is 0 Å². The topological polar surface area (TPSA) is 35.7 Å². The summed E-state index contributed by atoms with van der Waals surface area (Å²) in [4.78, 5) is 7.29. The van der Waals surface area contributed by atoms with Crippen molar-refractivity contribution in [1.82, 2.24) is 9.80 Å². The molecule has 1 saturated heterocycles. The minimum Gasteiger partial charge on any atom is -0.369 e. The van der Waals surface area contributed by atoms with Gasteiger partial charge in [-0.25, -0.2) is 0 Å². The highest BCUT2D eigenvalue weighted by atomic mass is 15.3. The number of hydrogen-bond acceptors (Lipinski definition) is 4. The van der Waals surface area contributed by atoms with E-state index in [9.17, 15) is 0 Å². The van der Waals surface area contributed by atoms with Gasteiger partial charge in [0.15, 0.2) is 0 Å². The van der Waals surface area contributed by atoms with E-state index in [2.05, 4.69) is 53.1 Å². The molecule has 0 radical (unpaired) electrons. The second-order valence-electron chi connectivity index (χ2n) is 5.84. The maximum atomic E-state index is 5.59. The molecule has 0 aromatic heterocycles. The zero-order valence-corrected chi connectivity index (χ0v) is 12.9. The highest BCUT2D eigenvalue weighted by molar-refractivity contribution is 5.48. The van der Waals surface area contributed by atoms with Crippen molar-refractivity contribution in [2.75, 3.05) is 64.8 Å². The maximum Gasteiger partial charge on any atom is 0.0367 e. The fourth-order valence-corrected chi connectivity index (χ4v) is 2.61. The van der Waals surface area contributed by atoms with Crippen molar-refractivity contribution < 1.29 is 0 Å². The molecule has 1 aromatic rings. The Kier molecular flexibility index (Phi) is 5.83. The lowest BCUT2D eigenvalue weighted by Gasteiger charge is -2.36. The van der Waals surface area contributed by atoms with Gasteiger partial charge in [-0.05, 0) is 44.8 Å². The Hall–Kier alpha value is -1.10. The minimum atomic E-state index is 0.726. The number of hydrogen-bond donors (Lipinski definition) is 1. The number of nitrogens with zero attached hydrogens (tertiary/aromatic N) is 3.